The van der Waals surface area contributed by atoms with E-state index in [1.165, 1.54) is 25.0 Å². The van der Waals surface area contributed by atoms with Gasteiger partial charge in [0, 0.05) is 17.6 Å². The summed E-state index contributed by atoms with van der Waals surface area (Å²) in [4.78, 5) is 2.51. The van der Waals surface area contributed by atoms with E-state index in [1.54, 1.807) is 6.07 Å². The molecular formula is C16H19FN4. The van der Waals surface area contributed by atoms with Crippen LogP contribution in [-0.2, 0) is 0 Å². The summed E-state index contributed by atoms with van der Waals surface area (Å²) in [5, 5.41) is 8.52. The largest absolute Gasteiger partial charge is 0.300 e. The van der Waals surface area contributed by atoms with Gasteiger partial charge in [0.25, 0.3) is 0 Å². The van der Waals surface area contributed by atoms with Crippen molar-refractivity contribution in [1.29, 1.82) is 0 Å². The van der Waals surface area contributed by atoms with Gasteiger partial charge in [-0.15, -0.1) is 5.10 Å². The fourth-order valence-corrected chi connectivity index (χ4v) is 3.83. The summed E-state index contributed by atoms with van der Waals surface area (Å²) in [7, 11) is 2.23. The van der Waals surface area contributed by atoms with E-state index in [0.29, 0.717) is 18.1 Å². The van der Waals surface area contributed by atoms with Crippen molar-refractivity contribution >= 4 is 0 Å². The number of rotatable bonds is 2. The van der Waals surface area contributed by atoms with Gasteiger partial charge in [-0.3, -0.25) is 0 Å². The fraction of sp³-hybridized carbons (Fsp3) is 0.500. The predicted octanol–water partition coefficient (Wildman–Crippen LogP) is 2.88. The molecule has 2 bridgehead atoms. The van der Waals surface area contributed by atoms with Crippen LogP contribution in [0.15, 0.2) is 30.5 Å². The molecule has 1 aromatic heterocycles. The van der Waals surface area contributed by atoms with Gasteiger partial charge < -0.3 is 4.90 Å². The molecule has 0 aliphatic carbocycles. The molecule has 3 heterocycles. The van der Waals surface area contributed by atoms with Crippen LogP contribution in [0.25, 0.3) is 11.3 Å². The summed E-state index contributed by atoms with van der Waals surface area (Å²) < 4.78 is 15.3. The molecule has 4 rings (SSSR count). The summed E-state index contributed by atoms with van der Waals surface area (Å²) in [6.45, 7) is 0. The van der Waals surface area contributed by atoms with Gasteiger partial charge in [0.1, 0.15) is 11.5 Å². The minimum Gasteiger partial charge on any atom is -0.300 e. The van der Waals surface area contributed by atoms with Crippen molar-refractivity contribution in [2.24, 2.45) is 0 Å². The van der Waals surface area contributed by atoms with Crippen molar-refractivity contribution in [3.63, 3.8) is 0 Å². The van der Waals surface area contributed by atoms with E-state index in [4.69, 9.17) is 0 Å². The normalized spacial score (nSPS) is 29.0. The number of piperidine rings is 1. The molecule has 2 aliphatic rings. The van der Waals surface area contributed by atoms with Gasteiger partial charge in [0.05, 0.1) is 12.2 Å². The molecule has 5 heteroatoms. The lowest BCUT2D eigenvalue weighted by Crippen LogP contribution is -2.40. The summed E-state index contributed by atoms with van der Waals surface area (Å²) in [6.07, 6.45) is 6.83. The van der Waals surface area contributed by atoms with Crippen molar-refractivity contribution in [2.45, 2.75) is 43.8 Å². The molecule has 1 unspecified atom stereocenters. The van der Waals surface area contributed by atoms with Gasteiger partial charge in [-0.1, -0.05) is 17.3 Å². The maximum atomic E-state index is 13.3. The first kappa shape index (κ1) is 13.0. The van der Waals surface area contributed by atoms with Crippen LogP contribution in [0.4, 0.5) is 4.39 Å². The number of halogens is 1. The standard InChI is InChI=1S/C16H19FN4/c1-20-13-5-6-14(20)9-15(8-13)21-10-16(18-19-21)11-3-2-4-12(17)7-11/h2-4,7,10,13-15H,5-6,8-9H2,1H3/t13-,14+,15?. The van der Waals surface area contributed by atoms with E-state index in [9.17, 15) is 4.39 Å². The fourth-order valence-electron chi connectivity index (χ4n) is 3.83. The zero-order valence-electron chi connectivity index (χ0n) is 12.1. The van der Waals surface area contributed by atoms with E-state index in [2.05, 4.69) is 22.3 Å². The molecule has 2 aliphatic heterocycles. The first-order valence-electron chi connectivity index (χ1n) is 7.60. The Bertz CT molecular complexity index is 639. The highest BCUT2D eigenvalue weighted by Crippen LogP contribution is 2.39. The highest BCUT2D eigenvalue weighted by atomic mass is 19.1. The van der Waals surface area contributed by atoms with Crippen molar-refractivity contribution in [2.75, 3.05) is 7.05 Å². The van der Waals surface area contributed by atoms with Crippen LogP contribution in [0.5, 0.6) is 0 Å². The molecular weight excluding hydrogens is 267 g/mol. The molecule has 3 atom stereocenters. The maximum absolute atomic E-state index is 13.3. The van der Waals surface area contributed by atoms with E-state index in [-0.39, 0.29) is 5.82 Å². The smallest absolute Gasteiger partial charge is 0.123 e. The first-order chi connectivity index (χ1) is 10.2. The molecule has 21 heavy (non-hydrogen) atoms. The van der Waals surface area contributed by atoms with Crippen LogP contribution in [0.3, 0.4) is 0 Å². The Morgan fingerprint density at radius 1 is 1.14 bits per heavy atom. The second-order valence-electron chi connectivity index (χ2n) is 6.27. The number of aromatic nitrogens is 3. The topological polar surface area (TPSA) is 34.0 Å². The predicted molar refractivity (Wildman–Crippen MR) is 78.3 cm³/mol. The molecule has 2 saturated heterocycles. The van der Waals surface area contributed by atoms with Gasteiger partial charge in [-0.2, -0.15) is 0 Å². The maximum Gasteiger partial charge on any atom is 0.123 e. The molecule has 2 fully saturated rings. The Hall–Kier alpha value is -1.75. The van der Waals surface area contributed by atoms with E-state index < -0.39 is 0 Å². The summed E-state index contributed by atoms with van der Waals surface area (Å²) >= 11 is 0. The molecule has 110 valence electrons. The quantitative estimate of drug-likeness (QED) is 0.851. The zero-order valence-corrected chi connectivity index (χ0v) is 12.1. The third-order valence-corrected chi connectivity index (χ3v) is 5.08. The van der Waals surface area contributed by atoms with Crippen LogP contribution in [0, 0.1) is 5.82 Å². The van der Waals surface area contributed by atoms with Crippen molar-refractivity contribution < 1.29 is 4.39 Å². The average Bonchev–Trinajstić information content (AvgIpc) is 3.02. The van der Waals surface area contributed by atoms with Crippen LogP contribution in [0.1, 0.15) is 31.7 Å². The van der Waals surface area contributed by atoms with Crippen molar-refractivity contribution in [3.8, 4) is 11.3 Å². The zero-order chi connectivity index (χ0) is 14.4. The second kappa shape index (κ2) is 4.91. The van der Waals surface area contributed by atoms with Gasteiger partial charge in [0.15, 0.2) is 0 Å². The number of hydrogen-bond donors (Lipinski definition) is 0. The minimum absolute atomic E-state index is 0.237. The highest BCUT2D eigenvalue weighted by molar-refractivity contribution is 5.57. The Morgan fingerprint density at radius 2 is 1.90 bits per heavy atom. The van der Waals surface area contributed by atoms with Crippen molar-refractivity contribution in [1.82, 2.24) is 19.9 Å². The molecule has 0 radical (unpaired) electrons. The first-order valence-corrected chi connectivity index (χ1v) is 7.60. The lowest BCUT2D eigenvalue weighted by Gasteiger charge is -2.36. The Balaban J connectivity index is 1.58. The lowest BCUT2D eigenvalue weighted by molar-refractivity contribution is 0.130. The third kappa shape index (κ3) is 2.25. The van der Waals surface area contributed by atoms with Crippen LogP contribution < -0.4 is 0 Å². The molecule has 2 aromatic rings. The van der Waals surface area contributed by atoms with Crippen LogP contribution >= 0.6 is 0 Å². The van der Waals surface area contributed by atoms with E-state index in [1.807, 2.05) is 16.9 Å². The second-order valence-corrected chi connectivity index (χ2v) is 6.27. The van der Waals surface area contributed by atoms with Gasteiger partial charge in [0.2, 0.25) is 0 Å². The molecule has 1 aromatic carbocycles. The average molecular weight is 286 g/mol. The lowest BCUT2D eigenvalue weighted by atomic mass is 9.98. The number of fused-ring (bicyclic) bond motifs is 2. The van der Waals surface area contributed by atoms with Gasteiger partial charge in [-0.05, 0) is 44.9 Å². The Morgan fingerprint density at radius 3 is 2.62 bits per heavy atom. The van der Waals surface area contributed by atoms with Crippen LogP contribution in [-0.4, -0.2) is 39.0 Å². The molecule has 0 amide bonds. The number of benzene rings is 1. The molecule has 0 saturated carbocycles. The minimum atomic E-state index is -0.237. The van der Waals surface area contributed by atoms with Gasteiger partial charge >= 0.3 is 0 Å². The Labute approximate surface area is 123 Å². The number of hydrogen-bond acceptors (Lipinski definition) is 3. The third-order valence-electron chi connectivity index (χ3n) is 5.08. The van der Waals surface area contributed by atoms with Gasteiger partial charge in [-0.25, -0.2) is 9.07 Å². The highest BCUT2D eigenvalue weighted by Gasteiger charge is 2.39. The SMILES string of the molecule is CN1[C@@H]2CC[C@H]1CC(n1cc(-c3cccc(F)c3)nn1)C2. The number of nitrogens with zero attached hydrogens (tertiary/aromatic N) is 4. The van der Waals surface area contributed by atoms with E-state index >= 15 is 0 Å². The monoisotopic (exact) mass is 286 g/mol. The molecule has 0 spiro atoms. The summed E-state index contributed by atoms with van der Waals surface area (Å²) in [5.74, 6) is -0.237. The Kier molecular flexibility index (Phi) is 3.03. The van der Waals surface area contributed by atoms with Crippen molar-refractivity contribution in [3.05, 3.63) is 36.3 Å². The van der Waals surface area contributed by atoms with E-state index in [0.717, 1.165) is 24.1 Å². The summed E-state index contributed by atoms with van der Waals surface area (Å²) in [5.41, 5.74) is 1.54. The molecule has 0 N–H and O–H groups in total. The van der Waals surface area contributed by atoms with Crippen LogP contribution in [0.2, 0.25) is 0 Å². The summed E-state index contributed by atoms with van der Waals surface area (Å²) in [6, 6.07) is 8.31. The molecule has 4 nitrogen and oxygen atoms in total.